The van der Waals surface area contributed by atoms with Crippen molar-refractivity contribution in [2.45, 2.75) is 13.8 Å². The first-order chi connectivity index (χ1) is 21.8. The van der Waals surface area contributed by atoms with Gasteiger partial charge in [-0.2, -0.15) is 5.26 Å². The van der Waals surface area contributed by atoms with E-state index in [9.17, 15) is 22.9 Å². The highest BCUT2D eigenvalue weighted by atomic mass is 32.2. The molecule has 0 unspecified atom stereocenters. The molecule has 46 heavy (non-hydrogen) atoms. The van der Waals surface area contributed by atoms with E-state index in [0.717, 1.165) is 22.2 Å². The maximum Gasteiger partial charge on any atom is 0.255 e. The lowest BCUT2D eigenvalue weighted by Crippen LogP contribution is -2.25. The van der Waals surface area contributed by atoms with Gasteiger partial charge in [-0.05, 0) is 55.8 Å². The Bertz CT molecular complexity index is 2370. The third kappa shape index (κ3) is 5.04. The van der Waals surface area contributed by atoms with Gasteiger partial charge in [0.25, 0.3) is 5.91 Å². The number of benzene rings is 4. The number of hydrogen-bond acceptors (Lipinski definition) is 6. The Morgan fingerprint density at radius 2 is 1.72 bits per heavy atom. The predicted octanol–water partition coefficient (Wildman–Crippen LogP) is 6.63. The molecule has 9 nitrogen and oxygen atoms in total. The van der Waals surface area contributed by atoms with Crippen LogP contribution in [0.3, 0.4) is 0 Å². The summed E-state index contributed by atoms with van der Waals surface area (Å²) in [6, 6.07) is 19.2. The first-order valence-corrected chi connectivity index (χ1v) is 15.9. The number of nitrogens with zero attached hydrogens (tertiary/aromatic N) is 4. The molecule has 0 saturated heterocycles. The molecule has 0 atom stereocenters. The number of hydrogen-bond donors (Lipinski definition) is 1. The molecule has 1 N–H and O–H groups in total. The first kappa shape index (κ1) is 30.5. The van der Waals surface area contributed by atoms with Crippen molar-refractivity contribution < 1.29 is 26.4 Å². The van der Waals surface area contributed by atoms with Crippen molar-refractivity contribution in [2.75, 3.05) is 24.7 Å². The minimum Gasteiger partial charge on any atom is -0.455 e. The van der Waals surface area contributed by atoms with Crippen LogP contribution >= 0.6 is 0 Å². The fourth-order valence-corrected chi connectivity index (χ4v) is 6.04. The highest BCUT2D eigenvalue weighted by Gasteiger charge is 2.27. The third-order valence-corrected chi connectivity index (χ3v) is 9.12. The molecule has 4 aromatic carbocycles. The van der Waals surface area contributed by atoms with Crippen molar-refractivity contribution in [3.05, 3.63) is 101 Å². The van der Waals surface area contributed by atoms with E-state index < -0.39 is 27.6 Å². The van der Waals surface area contributed by atoms with Crippen molar-refractivity contribution in [3.63, 3.8) is 0 Å². The van der Waals surface area contributed by atoms with Crippen molar-refractivity contribution in [1.82, 2.24) is 14.9 Å². The van der Waals surface area contributed by atoms with E-state index in [2.05, 4.69) is 10.3 Å². The summed E-state index contributed by atoms with van der Waals surface area (Å²) >= 11 is 0. The second-order valence-electron chi connectivity index (χ2n) is 10.9. The zero-order valence-electron chi connectivity index (χ0n) is 25.4. The SMILES string of the molecule is CNC(=O)c1c(-c2ccc(C)cc2)oc2cc(N(C)S(C)(=O)=O)c(-c3cc(F)c4nc(C)n(-c5ccc(F)c(C#N)c5)c4c3)cc12. The number of aryl methyl sites for hydroxylation is 2. The molecule has 0 spiro atoms. The monoisotopic (exact) mass is 639 g/mol. The van der Waals surface area contributed by atoms with Crippen LogP contribution in [-0.2, 0) is 10.0 Å². The minimum absolute atomic E-state index is 0.0270. The Hall–Kier alpha value is -5.54. The molecule has 0 fully saturated rings. The summed E-state index contributed by atoms with van der Waals surface area (Å²) in [6.07, 6.45) is 1.04. The number of nitriles is 1. The fourth-order valence-electron chi connectivity index (χ4n) is 5.53. The Labute approximate surface area is 263 Å². The van der Waals surface area contributed by atoms with Crippen LogP contribution in [0, 0.1) is 36.8 Å². The number of furan rings is 1. The lowest BCUT2D eigenvalue weighted by Gasteiger charge is -2.21. The molecular formula is C34H27F2N5O4S. The smallest absolute Gasteiger partial charge is 0.255 e. The molecule has 6 aromatic rings. The van der Waals surface area contributed by atoms with E-state index in [1.807, 2.05) is 37.3 Å². The number of imidazole rings is 1. The molecule has 6 rings (SSSR count). The highest BCUT2D eigenvalue weighted by molar-refractivity contribution is 7.92. The summed E-state index contributed by atoms with van der Waals surface area (Å²) in [7, 11) is -0.950. The number of fused-ring (bicyclic) bond motifs is 2. The summed E-state index contributed by atoms with van der Waals surface area (Å²) in [6.45, 7) is 3.58. The van der Waals surface area contributed by atoms with Crippen molar-refractivity contribution >= 4 is 43.6 Å². The number of nitrogens with one attached hydrogen (secondary N) is 1. The van der Waals surface area contributed by atoms with Gasteiger partial charge < -0.3 is 9.73 Å². The largest absolute Gasteiger partial charge is 0.455 e. The van der Waals surface area contributed by atoms with Gasteiger partial charge in [0.1, 0.15) is 34.6 Å². The molecule has 0 aliphatic heterocycles. The van der Waals surface area contributed by atoms with E-state index in [1.54, 1.807) is 23.6 Å². The molecule has 232 valence electrons. The summed E-state index contributed by atoms with van der Waals surface area (Å²) in [5.41, 5.74) is 3.41. The van der Waals surface area contributed by atoms with Crippen molar-refractivity contribution in [3.8, 4) is 34.2 Å². The Kier molecular flexibility index (Phi) is 7.37. The van der Waals surface area contributed by atoms with Gasteiger partial charge in [-0.1, -0.05) is 29.8 Å². The maximum atomic E-state index is 15.8. The van der Waals surface area contributed by atoms with Crippen molar-refractivity contribution in [2.24, 2.45) is 0 Å². The average Bonchev–Trinajstić information content (AvgIpc) is 3.57. The van der Waals surface area contributed by atoms with E-state index in [0.29, 0.717) is 39.3 Å². The normalized spacial score (nSPS) is 11.6. The maximum absolute atomic E-state index is 15.8. The molecule has 0 bridgehead atoms. The van der Waals surface area contributed by atoms with Gasteiger partial charge in [0.2, 0.25) is 10.0 Å². The summed E-state index contributed by atoms with van der Waals surface area (Å²) in [5, 5.41) is 12.4. The lowest BCUT2D eigenvalue weighted by molar-refractivity contribution is 0.0964. The number of carbonyl (C=O) groups is 1. The highest BCUT2D eigenvalue weighted by Crippen LogP contribution is 2.42. The van der Waals surface area contributed by atoms with E-state index in [1.165, 1.54) is 38.4 Å². The molecule has 0 aliphatic carbocycles. The fraction of sp³-hybridized carbons (Fsp3) is 0.147. The zero-order valence-corrected chi connectivity index (χ0v) is 26.3. The van der Waals surface area contributed by atoms with Gasteiger partial charge in [-0.15, -0.1) is 0 Å². The van der Waals surface area contributed by atoms with Crippen LogP contribution in [0.5, 0.6) is 0 Å². The Morgan fingerprint density at radius 1 is 1.00 bits per heavy atom. The number of rotatable bonds is 6. The third-order valence-electron chi connectivity index (χ3n) is 7.93. The molecule has 12 heteroatoms. The van der Waals surface area contributed by atoms with E-state index >= 15 is 4.39 Å². The van der Waals surface area contributed by atoms with E-state index in [4.69, 9.17) is 4.42 Å². The van der Waals surface area contributed by atoms with Crippen LogP contribution in [0.4, 0.5) is 14.5 Å². The van der Waals surface area contributed by atoms with Gasteiger partial charge in [-0.25, -0.2) is 22.2 Å². The topological polar surface area (TPSA) is 121 Å². The van der Waals surface area contributed by atoms with Crippen LogP contribution in [0.2, 0.25) is 0 Å². The van der Waals surface area contributed by atoms with Gasteiger partial charge in [-0.3, -0.25) is 13.7 Å². The molecule has 2 heterocycles. The van der Waals surface area contributed by atoms with Gasteiger partial charge in [0.05, 0.1) is 28.6 Å². The number of aromatic nitrogens is 2. The number of carbonyl (C=O) groups excluding carboxylic acids is 1. The summed E-state index contributed by atoms with van der Waals surface area (Å²) < 4.78 is 64.5. The molecule has 2 aromatic heterocycles. The summed E-state index contributed by atoms with van der Waals surface area (Å²) in [5.74, 6) is -1.14. The van der Waals surface area contributed by atoms with Crippen LogP contribution in [0.25, 0.3) is 50.1 Å². The number of anilines is 1. The first-order valence-electron chi connectivity index (χ1n) is 14.0. The molecule has 0 radical (unpaired) electrons. The minimum atomic E-state index is -3.81. The molecule has 0 saturated carbocycles. The number of halogens is 2. The van der Waals surface area contributed by atoms with Crippen LogP contribution in [0.1, 0.15) is 27.3 Å². The zero-order chi connectivity index (χ0) is 33.1. The average molecular weight is 640 g/mol. The lowest BCUT2D eigenvalue weighted by atomic mass is 9.97. The Balaban J connectivity index is 1.68. The van der Waals surface area contributed by atoms with Gasteiger partial charge in [0, 0.05) is 42.4 Å². The standard InChI is InChI=1S/C34H27F2N5O4S/c1-18-6-8-20(9-7-18)33-31(34(42)38-3)25-15-24(28(16-30(25)45-33)40(4)46(5,43)44)21-13-27(36)32-29(14-21)41(19(2)39-32)23-10-11-26(35)22(12-23)17-37/h6-16H,1-5H3,(H,38,42). The Morgan fingerprint density at radius 3 is 2.37 bits per heavy atom. The number of sulfonamides is 1. The van der Waals surface area contributed by atoms with Gasteiger partial charge >= 0.3 is 0 Å². The van der Waals surface area contributed by atoms with E-state index in [-0.39, 0.29) is 33.5 Å². The quantitative estimate of drug-likeness (QED) is 0.219. The second kappa shape index (κ2) is 11.1. The molecule has 0 aliphatic rings. The van der Waals surface area contributed by atoms with Crippen LogP contribution in [0.15, 0.2) is 71.1 Å². The second-order valence-corrected chi connectivity index (χ2v) is 13.0. The van der Waals surface area contributed by atoms with Crippen molar-refractivity contribution in [1.29, 1.82) is 5.26 Å². The van der Waals surface area contributed by atoms with Crippen LogP contribution < -0.4 is 9.62 Å². The number of amides is 1. The summed E-state index contributed by atoms with van der Waals surface area (Å²) in [4.78, 5) is 17.7. The van der Waals surface area contributed by atoms with Gasteiger partial charge in [0.15, 0.2) is 5.82 Å². The predicted molar refractivity (Wildman–Crippen MR) is 172 cm³/mol. The molecular weight excluding hydrogens is 612 g/mol. The molecule has 1 amide bonds. The van der Waals surface area contributed by atoms with Crippen LogP contribution in [-0.4, -0.2) is 44.2 Å².